The third kappa shape index (κ3) is 5.97. The van der Waals surface area contributed by atoms with E-state index in [1.54, 1.807) is 26.0 Å². The van der Waals surface area contributed by atoms with Gasteiger partial charge in [-0.15, -0.1) is 5.10 Å². The molecule has 216 valence electrons. The third-order valence-corrected chi connectivity index (χ3v) is 8.79. The summed E-state index contributed by atoms with van der Waals surface area (Å²) in [6.07, 6.45) is 0.635. The Kier molecular flexibility index (Phi) is 8.51. The van der Waals surface area contributed by atoms with Crippen molar-refractivity contribution in [3.63, 3.8) is 0 Å². The minimum absolute atomic E-state index is 0.00154. The number of aliphatic hydroxyl groups excluding tert-OH is 1. The maximum Gasteiger partial charge on any atom is 0.258 e. The number of aliphatic hydroxyl groups is 1. The standard InChI is InChI=1S/C24H32N8O7S/c1-14-9-32(15(2)12-33)24(35)19-8-18(26-22(34)11-31-13-25-28-29-31)6-7-20(19)38-21(14)10-30(5)40(36,37)23-16(3)27-39-17(23)4/h6-8,13-15,21,33H,9-12H2,1-5H3,(H,26,34)/t14-,15-,21-/m1/s1. The molecule has 3 atom stereocenters. The molecule has 1 aliphatic rings. The number of tetrazole rings is 1. The summed E-state index contributed by atoms with van der Waals surface area (Å²) in [5.41, 5.74) is 0.756. The van der Waals surface area contributed by atoms with E-state index >= 15 is 0 Å². The van der Waals surface area contributed by atoms with Crippen LogP contribution in [0.25, 0.3) is 0 Å². The lowest BCUT2D eigenvalue weighted by molar-refractivity contribution is -0.116. The summed E-state index contributed by atoms with van der Waals surface area (Å²) in [7, 11) is -2.51. The van der Waals surface area contributed by atoms with Crippen molar-refractivity contribution in [2.45, 2.75) is 51.3 Å². The molecule has 3 heterocycles. The van der Waals surface area contributed by atoms with Crippen LogP contribution in [0.3, 0.4) is 0 Å². The van der Waals surface area contributed by atoms with E-state index in [4.69, 9.17) is 9.26 Å². The molecule has 0 spiro atoms. The lowest BCUT2D eigenvalue weighted by atomic mass is 9.99. The van der Waals surface area contributed by atoms with Crippen LogP contribution in [0.4, 0.5) is 5.69 Å². The second kappa shape index (κ2) is 11.7. The Morgan fingerprint density at radius 3 is 2.70 bits per heavy atom. The van der Waals surface area contributed by atoms with Crippen LogP contribution in [-0.4, -0.2) is 98.8 Å². The van der Waals surface area contributed by atoms with Crippen LogP contribution >= 0.6 is 0 Å². The Labute approximate surface area is 231 Å². The van der Waals surface area contributed by atoms with E-state index in [9.17, 15) is 23.1 Å². The van der Waals surface area contributed by atoms with Crippen LogP contribution in [0, 0.1) is 19.8 Å². The zero-order chi connectivity index (χ0) is 29.2. The Bertz CT molecular complexity index is 1450. The van der Waals surface area contributed by atoms with Gasteiger partial charge in [0.1, 0.15) is 35.3 Å². The van der Waals surface area contributed by atoms with Crippen LogP contribution in [0.5, 0.6) is 5.75 Å². The van der Waals surface area contributed by atoms with E-state index in [0.717, 1.165) is 0 Å². The van der Waals surface area contributed by atoms with Crippen LogP contribution in [0.15, 0.2) is 33.9 Å². The number of sulfonamides is 1. The minimum atomic E-state index is -3.95. The maximum absolute atomic E-state index is 13.6. The van der Waals surface area contributed by atoms with Gasteiger partial charge in [-0.05, 0) is 49.4 Å². The summed E-state index contributed by atoms with van der Waals surface area (Å²) < 4.78 is 40.5. The average Bonchev–Trinajstić information content (AvgIpc) is 3.54. The molecule has 0 saturated heterocycles. The molecule has 4 rings (SSSR count). The number of carbonyl (C=O) groups is 2. The normalized spacial score (nSPS) is 18.6. The molecule has 2 amide bonds. The fourth-order valence-electron chi connectivity index (χ4n) is 4.47. The molecular weight excluding hydrogens is 544 g/mol. The predicted octanol–water partition coefficient (Wildman–Crippen LogP) is 0.457. The molecule has 1 aliphatic heterocycles. The van der Waals surface area contributed by atoms with Gasteiger partial charge >= 0.3 is 0 Å². The Morgan fingerprint density at radius 1 is 1.32 bits per heavy atom. The molecule has 0 saturated carbocycles. The van der Waals surface area contributed by atoms with Gasteiger partial charge in [0.2, 0.25) is 15.9 Å². The number of hydrogen-bond acceptors (Lipinski definition) is 11. The van der Waals surface area contributed by atoms with Crippen molar-refractivity contribution in [3.8, 4) is 5.75 Å². The summed E-state index contributed by atoms with van der Waals surface area (Å²) in [5, 5.41) is 27.0. The molecule has 15 nitrogen and oxygen atoms in total. The lowest BCUT2D eigenvalue weighted by Crippen LogP contribution is -2.50. The first-order valence-corrected chi connectivity index (χ1v) is 14.0. The fraction of sp³-hybridized carbons (Fsp3) is 0.500. The van der Waals surface area contributed by atoms with Gasteiger partial charge in [-0.1, -0.05) is 12.1 Å². The molecule has 1 aromatic carbocycles. The first kappa shape index (κ1) is 29.1. The van der Waals surface area contributed by atoms with Crippen molar-refractivity contribution in [2.24, 2.45) is 5.92 Å². The molecule has 40 heavy (non-hydrogen) atoms. The second-order valence-corrected chi connectivity index (χ2v) is 11.8. The van der Waals surface area contributed by atoms with Gasteiger partial charge in [0.25, 0.3) is 5.91 Å². The van der Waals surface area contributed by atoms with Gasteiger partial charge in [-0.3, -0.25) is 9.59 Å². The zero-order valence-electron chi connectivity index (χ0n) is 22.8. The highest BCUT2D eigenvalue weighted by molar-refractivity contribution is 7.89. The topological polar surface area (TPSA) is 186 Å². The largest absolute Gasteiger partial charge is 0.488 e. The summed E-state index contributed by atoms with van der Waals surface area (Å²) in [6.45, 7) is 6.41. The quantitative estimate of drug-likeness (QED) is 0.360. The first-order chi connectivity index (χ1) is 18.9. The third-order valence-electron chi connectivity index (χ3n) is 6.72. The second-order valence-electron chi connectivity index (χ2n) is 9.83. The monoisotopic (exact) mass is 576 g/mol. The van der Waals surface area contributed by atoms with E-state index in [1.807, 2.05) is 6.92 Å². The van der Waals surface area contributed by atoms with Crippen molar-refractivity contribution >= 4 is 27.5 Å². The number of anilines is 1. The van der Waals surface area contributed by atoms with Crippen molar-refractivity contribution in [2.75, 3.05) is 32.1 Å². The van der Waals surface area contributed by atoms with E-state index < -0.39 is 34.0 Å². The Hall–Kier alpha value is -3.89. The van der Waals surface area contributed by atoms with E-state index in [2.05, 4.69) is 26.0 Å². The number of aryl methyl sites for hydroxylation is 2. The van der Waals surface area contributed by atoms with Crippen LogP contribution in [-0.2, 0) is 21.4 Å². The number of benzene rings is 1. The van der Waals surface area contributed by atoms with E-state index in [1.165, 1.54) is 40.3 Å². The number of nitrogens with one attached hydrogen (secondary N) is 1. The summed E-state index contributed by atoms with van der Waals surface area (Å²) in [4.78, 5) is 27.6. The van der Waals surface area contributed by atoms with Gasteiger partial charge in [-0.25, -0.2) is 13.1 Å². The fourth-order valence-corrected chi connectivity index (χ4v) is 5.93. The molecular formula is C24H32N8O7S. The average molecular weight is 577 g/mol. The van der Waals surface area contributed by atoms with Gasteiger partial charge in [-0.2, -0.15) is 4.31 Å². The molecule has 3 aromatic rings. The Balaban J connectivity index is 1.64. The van der Waals surface area contributed by atoms with Crippen LogP contribution in [0.1, 0.15) is 35.7 Å². The molecule has 16 heteroatoms. The van der Waals surface area contributed by atoms with Crippen LogP contribution in [0.2, 0.25) is 0 Å². The number of ether oxygens (including phenoxy) is 1. The maximum atomic E-state index is 13.6. The molecule has 0 unspecified atom stereocenters. The number of rotatable bonds is 9. The summed E-state index contributed by atoms with van der Waals surface area (Å²) in [5.74, 6) is -0.716. The zero-order valence-corrected chi connectivity index (χ0v) is 23.6. The number of aromatic nitrogens is 5. The first-order valence-electron chi connectivity index (χ1n) is 12.5. The number of hydrogen-bond donors (Lipinski definition) is 2. The van der Waals surface area contributed by atoms with Crippen molar-refractivity contribution in [1.29, 1.82) is 0 Å². The summed E-state index contributed by atoms with van der Waals surface area (Å²) in [6, 6.07) is 4.10. The van der Waals surface area contributed by atoms with Gasteiger partial charge in [0.15, 0.2) is 5.76 Å². The number of nitrogens with zero attached hydrogens (tertiary/aromatic N) is 7. The smallest absolute Gasteiger partial charge is 0.258 e. The number of carbonyl (C=O) groups excluding carboxylic acids is 2. The molecule has 2 N–H and O–H groups in total. The van der Waals surface area contributed by atoms with Crippen molar-refractivity contribution in [3.05, 3.63) is 41.5 Å². The van der Waals surface area contributed by atoms with Gasteiger partial charge in [0, 0.05) is 25.2 Å². The van der Waals surface area contributed by atoms with Crippen molar-refractivity contribution < 1.29 is 32.4 Å². The molecule has 2 aromatic heterocycles. The van der Waals surface area contributed by atoms with Crippen molar-refractivity contribution in [1.82, 2.24) is 34.6 Å². The minimum Gasteiger partial charge on any atom is -0.488 e. The lowest BCUT2D eigenvalue weighted by Gasteiger charge is -2.38. The van der Waals surface area contributed by atoms with E-state index in [-0.39, 0.29) is 59.8 Å². The van der Waals surface area contributed by atoms with Gasteiger partial charge < -0.3 is 24.6 Å². The molecule has 0 fully saturated rings. The molecule has 0 bridgehead atoms. The van der Waals surface area contributed by atoms with E-state index in [0.29, 0.717) is 5.69 Å². The summed E-state index contributed by atoms with van der Waals surface area (Å²) >= 11 is 0. The Morgan fingerprint density at radius 2 is 2.08 bits per heavy atom. The predicted molar refractivity (Wildman–Crippen MR) is 140 cm³/mol. The molecule has 0 aliphatic carbocycles. The highest BCUT2D eigenvalue weighted by atomic mass is 32.2. The SMILES string of the molecule is Cc1noc(C)c1S(=O)(=O)N(C)C[C@H]1Oc2ccc(NC(=O)Cn3cnnn3)cc2C(=O)N([C@H](C)CO)C[C@H]1C. The molecule has 0 radical (unpaired) electrons. The highest BCUT2D eigenvalue weighted by Crippen LogP contribution is 2.31. The number of fused-ring (bicyclic) bond motifs is 1. The highest BCUT2D eigenvalue weighted by Gasteiger charge is 2.36. The number of amides is 2. The number of likely N-dealkylation sites (N-methyl/N-ethyl adjacent to an activating group) is 1. The van der Waals surface area contributed by atoms with Gasteiger partial charge in [0.05, 0.1) is 24.8 Å². The van der Waals surface area contributed by atoms with Crippen LogP contribution < -0.4 is 10.1 Å².